The zero-order valence-corrected chi connectivity index (χ0v) is 3.89. The molecule has 0 saturated carbocycles. The van der Waals surface area contributed by atoms with Crippen molar-refractivity contribution in [3.63, 3.8) is 0 Å². The lowest BCUT2D eigenvalue weighted by molar-refractivity contribution is -0.275. The van der Waals surface area contributed by atoms with Crippen LogP contribution in [0.3, 0.4) is 0 Å². The molecule has 1 rings (SSSR count). The number of alkyl halides is 1. The average Bonchev–Trinajstić information content (AvgIpc) is 2.14. The molecule has 0 bridgehead atoms. The molecule has 0 aliphatic carbocycles. The Morgan fingerprint density at radius 1 is 1.71 bits per heavy atom. The number of halogens is 1. The lowest BCUT2D eigenvalue weighted by Gasteiger charge is -1.95. The highest BCUT2D eigenvalue weighted by atomic mass is 19.1. The van der Waals surface area contributed by atoms with Crippen LogP contribution in [-0.2, 0) is 9.78 Å². The molecule has 1 unspecified atom stereocenters. The molecular weight excluding hydrogens is 99.0 g/mol. The van der Waals surface area contributed by atoms with Gasteiger partial charge in [0.15, 0.2) is 0 Å². The third-order valence-electron chi connectivity index (χ3n) is 0.899. The van der Waals surface area contributed by atoms with E-state index < -0.39 is 6.67 Å². The maximum atomic E-state index is 11.5. The van der Waals surface area contributed by atoms with Crippen LogP contribution in [0.2, 0.25) is 0 Å². The maximum absolute atomic E-state index is 11.5. The summed E-state index contributed by atoms with van der Waals surface area (Å²) in [5.74, 6) is 0. The molecule has 1 aliphatic rings. The number of hydrogen-bond donors (Lipinski definition) is 0. The van der Waals surface area contributed by atoms with Gasteiger partial charge in [-0.15, -0.1) is 0 Å². The molecule has 7 heavy (non-hydrogen) atoms. The predicted molar refractivity (Wildman–Crippen MR) is 21.4 cm³/mol. The van der Waals surface area contributed by atoms with Crippen LogP contribution in [0.15, 0.2) is 0 Å². The van der Waals surface area contributed by atoms with Gasteiger partial charge in [-0.25, -0.2) is 14.2 Å². The highest BCUT2D eigenvalue weighted by Gasteiger charge is 2.15. The molecule has 0 spiro atoms. The van der Waals surface area contributed by atoms with Crippen LogP contribution in [0.4, 0.5) is 4.39 Å². The minimum atomic E-state index is -0.431. The van der Waals surface area contributed by atoms with Crippen LogP contribution in [0.1, 0.15) is 6.42 Å². The van der Waals surface area contributed by atoms with Crippen molar-refractivity contribution in [1.29, 1.82) is 0 Å². The SMILES string of the molecule is FCC1CCOO1. The highest BCUT2D eigenvalue weighted by molar-refractivity contribution is 4.55. The molecule has 1 aliphatic heterocycles. The first-order valence-electron chi connectivity index (χ1n) is 2.27. The third kappa shape index (κ3) is 1.11. The van der Waals surface area contributed by atoms with Crippen molar-refractivity contribution in [3.8, 4) is 0 Å². The summed E-state index contributed by atoms with van der Waals surface area (Å²) in [6.07, 6.45) is 0.399. The van der Waals surface area contributed by atoms with E-state index in [1.165, 1.54) is 0 Å². The standard InChI is InChI=1S/C4H7FO2/c5-3-4-1-2-6-7-4/h4H,1-3H2. The first-order chi connectivity index (χ1) is 3.43. The average molecular weight is 106 g/mol. The molecular formula is C4H7FO2. The molecule has 1 saturated heterocycles. The Bertz CT molecular complexity index is 51.7. The van der Waals surface area contributed by atoms with E-state index >= 15 is 0 Å². The topological polar surface area (TPSA) is 18.5 Å². The van der Waals surface area contributed by atoms with Crippen molar-refractivity contribution in [2.75, 3.05) is 13.3 Å². The summed E-state index contributed by atoms with van der Waals surface area (Å²) in [5, 5.41) is 0. The first-order valence-corrected chi connectivity index (χ1v) is 2.27. The molecule has 42 valence electrons. The van der Waals surface area contributed by atoms with E-state index in [2.05, 4.69) is 9.78 Å². The van der Waals surface area contributed by atoms with Crippen LogP contribution >= 0.6 is 0 Å². The van der Waals surface area contributed by atoms with E-state index in [1.54, 1.807) is 0 Å². The van der Waals surface area contributed by atoms with Gasteiger partial charge in [0.25, 0.3) is 0 Å². The van der Waals surface area contributed by atoms with Gasteiger partial charge in [-0.3, -0.25) is 0 Å². The van der Waals surface area contributed by atoms with E-state index in [1.807, 2.05) is 0 Å². The molecule has 0 aromatic carbocycles. The van der Waals surface area contributed by atoms with Crippen molar-refractivity contribution >= 4 is 0 Å². The van der Waals surface area contributed by atoms with E-state index in [4.69, 9.17) is 0 Å². The Morgan fingerprint density at radius 3 is 2.86 bits per heavy atom. The second-order valence-corrected chi connectivity index (χ2v) is 1.48. The number of rotatable bonds is 1. The second kappa shape index (κ2) is 2.23. The summed E-state index contributed by atoms with van der Waals surface area (Å²) in [5.41, 5.74) is 0. The van der Waals surface area contributed by atoms with Crippen LogP contribution in [0, 0.1) is 0 Å². The van der Waals surface area contributed by atoms with Gasteiger partial charge in [0.1, 0.15) is 12.8 Å². The molecule has 1 fully saturated rings. The monoisotopic (exact) mass is 106 g/mol. The van der Waals surface area contributed by atoms with Crippen LogP contribution < -0.4 is 0 Å². The van der Waals surface area contributed by atoms with Crippen LogP contribution in [0.5, 0.6) is 0 Å². The summed E-state index contributed by atoms with van der Waals surface area (Å²) in [7, 11) is 0. The van der Waals surface area contributed by atoms with E-state index in [0.29, 0.717) is 13.0 Å². The van der Waals surface area contributed by atoms with Crippen molar-refractivity contribution in [1.82, 2.24) is 0 Å². The molecule has 2 nitrogen and oxygen atoms in total. The lowest BCUT2D eigenvalue weighted by Crippen LogP contribution is -2.05. The summed E-state index contributed by atoms with van der Waals surface area (Å²) >= 11 is 0. The van der Waals surface area contributed by atoms with E-state index in [-0.39, 0.29) is 6.10 Å². The largest absolute Gasteiger partial charge is 0.248 e. The van der Waals surface area contributed by atoms with Gasteiger partial charge in [0.2, 0.25) is 0 Å². The lowest BCUT2D eigenvalue weighted by atomic mass is 10.3. The Kier molecular flexibility index (Phi) is 1.59. The molecule has 3 heteroatoms. The van der Waals surface area contributed by atoms with Crippen molar-refractivity contribution < 1.29 is 14.2 Å². The van der Waals surface area contributed by atoms with Gasteiger partial charge < -0.3 is 0 Å². The zero-order valence-electron chi connectivity index (χ0n) is 3.89. The molecule has 0 N–H and O–H groups in total. The second-order valence-electron chi connectivity index (χ2n) is 1.48. The first kappa shape index (κ1) is 5.00. The smallest absolute Gasteiger partial charge is 0.123 e. The van der Waals surface area contributed by atoms with E-state index in [0.717, 1.165) is 0 Å². The molecule has 0 amide bonds. The Labute approximate surface area is 41.2 Å². The minimum absolute atomic E-state index is 0.292. The van der Waals surface area contributed by atoms with Crippen molar-refractivity contribution in [2.45, 2.75) is 12.5 Å². The van der Waals surface area contributed by atoms with Crippen LogP contribution in [-0.4, -0.2) is 19.4 Å². The van der Waals surface area contributed by atoms with E-state index in [9.17, 15) is 4.39 Å². The molecule has 0 radical (unpaired) electrons. The zero-order chi connectivity index (χ0) is 5.11. The van der Waals surface area contributed by atoms with Gasteiger partial charge >= 0.3 is 0 Å². The van der Waals surface area contributed by atoms with Crippen LogP contribution in [0.25, 0.3) is 0 Å². The fourth-order valence-electron chi connectivity index (χ4n) is 0.475. The predicted octanol–water partition coefficient (Wildman–Crippen LogP) is 0.676. The normalized spacial score (nSPS) is 31.3. The number of hydrogen-bond acceptors (Lipinski definition) is 2. The van der Waals surface area contributed by atoms with Gasteiger partial charge in [-0.05, 0) is 0 Å². The molecule has 0 aromatic heterocycles. The van der Waals surface area contributed by atoms with Crippen molar-refractivity contribution in [2.24, 2.45) is 0 Å². The van der Waals surface area contributed by atoms with Gasteiger partial charge in [0.05, 0.1) is 6.61 Å². The van der Waals surface area contributed by atoms with Gasteiger partial charge in [-0.1, -0.05) is 0 Å². The molecule has 1 heterocycles. The Hall–Kier alpha value is -0.150. The summed E-state index contributed by atoms with van der Waals surface area (Å²) in [6.45, 7) is 0.106. The van der Waals surface area contributed by atoms with Crippen molar-refractivity contribution in [3.05, 3.63) is 0 Å². The quantitative estimate of drug-likeness (QED) is 0.457. The fourth-order valence-corrected chi connectivity index (χ4v) is 0.475. The maximum Gasteiger partial charge on any atom is 0.123 e. The summed E-state index contributed by atoms with van der Waals surface area (Å²) in [4.78, 5) is 8.84. The summed E-state index contributed by atoms with van der Waals surface area (Å²) < 4.78 is 11.5. The third-order valence-corrected chi connectivity index (χ3v) is 0.899. The Morgan fingerprint density at radius 2 is 2.57 bits per heavy atom. The van der Waals surface area contributed by atoms with Gasteiger partial charge in [0, 0.05) is 6.42 Å². The Balaban J connectivity index is 2.14. The fraction of sp³-hybridized carbons (Fsp3) is 1.00. The minimum Gasteiger partial charge on any atom is -0.248 e. The molecule has 1 atom stereocenters. The van der Waals surface area contributed by atoms with Gasteiger partial charge in [-0.2, -0.15) is 0 Å². The molecule has 0 aromatic rings. The summed E-state index contributed by atoms with van der Waals surface area (Å²) in [6, 6.07) is 0. The highest BCUT2D eigenvalue weighted by Crippen LogP contribution is 2.07.